The first-order chi connectivity index (χ1) is 16.2. The highest BCUT2D eigenvalue weighted by Gasteiger charge is 2.33. The monoisotopic (exact) mass is 458 g/mol. The number of carbonyl (C=O) groups excluding carboxylic acids is 2. The predicted octanol–water partition coefficient (Wildman–Crippen LogP) is 6.84. The number of amides is 2. The molecule has 0 aliphatic carbocycles. The Morgan fingerprint density at radius 1 is 0.939 bits per heavy atom. The second-order valence-corrected chi connectivity index (χ2v) is 9.41. The van der Waals surface area contributed by atoms with Crippen LogP contribution in [-0.4, -0.2) is 17.6 Å². The zero-order valence-corrected chi connectivity index (χ0v) is 19.8. The van der Waals surface area contributed by atoms with Gasteiger partial charge in [-0.3, -0.25) is 14.5 Å². The molecule has 170 valence electrons. The first kappa shape index (κ1) is 23.1. The molecule has 1 atom stereocenters. The van der Waals surface area contributed by atoms with Gasteiger partial charge in [0.05, 0.1) is 5.75 Å². The smallest absolute Gasteiger partial charge is 0.255 e. The van der Waals surface area contributed by atoms with Crippen molar-refractivity contribution in [1.29, 1.82) is 0 Å². The molecule has 3 aromatic carbocycles. The molecule has 1 fully saturated rings. The second-order valence-electron chi connectivity index (χ2n) is 8.35. The number of aryl methyl sites for hydroxylation is 1. The van der Waals surface area contributed by atoms with Crippen LogP contribution in [0.3, 0.4) is 0 Å². The maximum Gasteiger partial charge on any atom is 0.255 e. The summed E-state index contributed by atoms with van der Waals surface area (Å²) in [4.78, 5) is 27.0. The number of unbranched alkanes of at least 4 members (excludes halogenated alkanes) is 3. The summed E-state index contributed by atoms with van der Waals surface area (Å²) < 4.78 is 0. The molecule has 0 saturated carbocycles. The molecule has 5 heteroatoms. The van der Waals surface area contributed by atoms with Gasteiger partial charge in [0, 0.05) is 16.9 Å². The molecule has 0 radical (unpaired) electrons. The minimum absolute atomic E-state index is 0.0606. The molecule has 0 bridgehead atoms. The molecule has 0 spiro atoms. The minimum atomic E-state index is -0.114. The lowest BCUT2D eigenvalue weighted by Gasteiger charge is -2.24. The average molecular weight is 459 g/mol. The van der Waals surface area contributed by atoms with E-state index in [0.29, 0.717) is 11.3 Å². The Labute approximate surface area is 200 Å². The fraction of sp³-hybridized carbons (Fsp3) is 0.286. The van der Waals surface area contributed by atoms with Crippen LogP contribution in [0, 0.1) is 0 Å². The number of para-hydroxylation sites is 1. The molecule has 0 aromatic heterocycles. The minimum Gasteiger partial charge on any atom is -0.322 e. The van der Waals surface area contributed by atoms with Crippen molar-refractivity contribution in [3.8, 4) is 0 Å². The van der Waals surface area contributed by atoms with Crippen molar-refractivity contribution in [2.24, 2.45) is 0 Å². The molecule has 1 N–H and O–H groups in total. The lowest BCUT2D eigenvalue weighted by Crippen LogP contribution is -2.27. The molecule has 4 rings (SSSR count). The summed E-state index contributed by atoms with van der Waals surface area (Å²) in [6.07, 6.45) is 6.02. The number of nitrogens with zero attached hydrogens (tertiary/aromatic N) is 1. The van der Waals surface area contributed by atoms with Crippen LogP contribution in [0.4, 0.5) is 11.4 Å². The summed E-state index contributed by atoms with van der Waals surface area (Å²) in [5, 5.41) is 2.92. The Morgan fingerprint density at radius 2 is 1.67 bits per heavy atom. The molecular weight excluding hydrogens is 428 g/mol. The van der Waals surface area contributed by atoms with E-state index >= 15 is 0 Å². The molecule has 3 aromatic rings. The van der Waals surface area contributed by atoms with Crippen LogP contribution in [0.25, 0.3) is 0 Å². The first-order valence-corrected chi connectivity index (χ1v) is 12.7. The molecule has 1 heterocycles. The van der Waals surface area contributed by atoms with Gasteiger partial charge in [0.15, 0.2) is 0 Å². The Kier molecular flexibility index (Phi) is 7.84. The maximum absolute atomic E-state index is 12.7. The normalized spacial score (nSPS) is 15.6. The van der Waals surface area contributed by atoms with Crippen molar-refractivity contribution in [3.63, 3.8) is 0 Å². The van der Waals surface area contributed by atoms with Gasteiger partial charge >= 0.3 is 0 Å². The van der Waals surface area contributed by atoms with Crippen molar-refractivity contribution in [1.82, 2.24) is 0 Å². The van der Waals surface area contributed by atoms with E-state index in [0.717, 1.165) is 23.4 Å². The third-order valence-electron chi connectivity index (χ3n) is 5.89. The highest BCUT2D eigenvalue weighted by molar-refractivity contribution is 8.00. The summed E-state index contributed by atoms with van der Waals surface area (Å²) in [6.45, 7) is 2.22. The fourth-order valence-corrected chi connectivity index (χ4v) is 5.23. The molecule has 4 nitrogen and oxygen atoms in total. The van der Waals surface area contributed by atoms with E-state index in [4.69, 9.17) is 0 Å². The zero-order chi connectivity index (χ0) is 23.0. The van der Waals surface area contributed by atoms with Crippen LogP contribution < -0.4 is 10.2 Å². The molecule has 1 aliphatic heterocycles. The zero-order valence-electron chi connectivity index (χ0n) is 19.0. The van der Waals surface area contributed by atoms with Crippen LogP contribution in [0.5, 0.6) is 0 Å². The van der Waals surface area contributed by atoms with Gasteiger partial charge in [-0.1, -0.05) is 68.7 Å². The number of thioether (sulfide) groups is 1. The Bertz CT molecular complexity index is 1070. The highest BCUT2D eigenvalue weighted by Crippen LogP contribution is 2.41. The van der Waals surface area contributed by atoms with Crippen molar-refractivity contribution >= 4 is 35.0 Å². The van der Waals surface area contributed by atoms with E-state index in [1.807, 2.05) is 71.6 Å². The number of anilines is 2. The Hall–Kier alpha value is -3.05. The van der Waals surface area contributed by atoms with Crippen LogP contribution in [-0.2, 0) is 11.2 Å². The third kappa shape index (κ3) is 5.85. The highest BCUT2D eigenvalue weighted by atomic mass is 32.2. The van der Waals surface area contributed by atoms with E-state index in [9.17, 15) is 9.59 Å². The topological polar surface area (TPSA) is 49.4 Å². The summed E-state index contributed by atoms with van der Waals surface area (Å²) in [6, 6.07) is 25.4. The number of nitrogens with one attached hydrogen (secondary N) is 1. The standard InChI is InChI=1S/C28H30N2O2S/c1-2-3-4-6-9-21-12-14-22(15-13-21)27(32)29-24-18-16-23(17-19-24)28-30(26(31)20-33-28)25-10-7-5-8-11-25/h5,7-8,10-19,28H,2-4,6,9,20H2,1H3,(H,29,32)/t28-/m1/s1. The SMILES string of the molecule is CCCCCCc1ccc(C(=O)Nc2ccc([C@H]3SCC(=O)N3c3ccccc3)cc2)cc1. The van der Waals surface area contributed by atoms with E-state index in [1.54, 1.807) is 11.8 Å². The Balaban J connectivity index is 1.37. The summed E-state index contributed by atoms with van der Waals surface area (Å²) >= 11 is 1.62. The maximum atomic E-state index is 12.7. The molecular formula is C28H30N2O2S. The molecule has 0 unspecified atom stereocenters. The van der Waals surface area contributed by atoms with E-state index in [2.05, 4.69) is 24.4 Å². The lowest BCUT2D eigenvalue weighted by molar-refractivity contribution is -0.115. The van der Waals surface area contributed by atoms with E-state index in [-0.39, 0.29) is 17.2 Å². The van der Waals surface area contributed by atoms with Gasteiger partial charge in [0.2, 0.25) is 5.91 Å². The van der Waals surface area contributed by atoms with Crippen molar-refractivity contribution in [2.75, 3.05) is 16.0 Å². The van der Waals surface area contributed by atoms with Gasteiger partial charge in [0.25, 0.3) is 5.91 Å². The Morgan fingerprint density at radius 3 is 2.36 bits per heavy atom. The second kappa shape index (κ2) is 11.2. The molecule has 1 aliphatic rings. The number of rotatable bonds is 9. The van der Waals surface area contributed by atoms with E-state index in [1.165, 1.54) is 31.2 Å². The summed E-state index contributed by atoms with van der Waals surface area (Å²) in [5.74, 6) is 0.464. The number of carbonyl (C=O) groups is 2. The van der Waals surface area contributed by atoms with Crippen molar-refractivity contribution in [2.45, 2.75) is 44.4 Å². The quantitative estimate of drug-likeness (QED) is 0.357. The van der Waals surface area contributed by atoms with Crippen LogP contribution >= 0.6 is 11.8 Å². The molecule has 33 heavy (non-hydrogen) atoms. The predicted molar refractivity (Wildman–Crippen MR) is 138 cm³/mol. The first-order valence-electron chi connectivity index (χ1n) is 11.6. The fourth-order valence-electron chi connectivity index (χ4n) is 4.05. The number of benzene rings is 3. The van der Waals surface area contributed by atoms with Gasteiger partial charge in [-0.25, -0.2) is 0 Å². The van der Waals surface area contributed by atoms with Gasteiger partial charge < -0.3 is 5.32 Å². The van der Waals surface area contributed by atoms with Gasteiger partial charge in [-0.05, 0) is 60.4 Å². The lowest BCUT2D eigenvalue weighted by atomic mass is 10.0. The van der Waals surface area contributed by atoms with Crippen LogP contribution in [0.15, 0.2) is 78.9 Å². The van der Waals surface area contributed by atoms with Crippen LogP contribution in [0.2, 0.25) is 0 Å². The van der Waals surface area contributed by atoms with Gasteiger partial charge in [0.1, 0.15) is 5.37 Å². The van der Waals surface area contributed by atoms with Crippen LogP contribution in [0.1, 0.15) is 59.5 Å². The molecule has 1 saturated heterocycles. The average Bonchev–Trinajstić information content (AvgIpc) is 3.24. The van der Waals surface area contributed by atoms with Gasteiger partial charge in [-0.2, -0.15) is 0 Å². The largest absolute Gasteiger partial charge is 0.322 e. The number of hydrogen-bond donors (Lipinski definition) is 1. The van der Waals surface area contributed by atoms with Crippen molar-refractivity contribution < 1.29 is 9.59 Å². The van der Waals surface area contributed by atoms with Gasteiger partial charge in [-0.15, -0.1) is 11.8 Å². The van der Waals surface area contributed by atoms with Crippen molar-refractivity contribution in [3.05, 3.63) is 95.6 Å². The number of hydrogen-bond acceptors (Lipinski definition) is 3. The van der Waals surface area contributed by atoms with E-state index < -0.39 is 0 Å². The molecule has 2 amide bonds. The summed E-state index contributed by atoms with van der Waals surface area (Å²) in [7, 11) is 0. The third-order valence-corrected chi connectivity index (χ3v) is 7.10. The summed E-state index contributed by atoms with van der Waals surface area (Å²) in [5.41, 5.74) is 4.62.